The zero-order valence-electron chi connectivity index (χ0n) is 13.1. The highest BCUT2D eigenvalue weighted by atomic mass is 35.5. The van der Waals surface area contributed by atoms with Crippen molar-refractivity contribution in [2.24, 2.45) is 0 Å². The fourth-order valence-electron chi connectivity index (χ4n) is 2.35. The number of benzene rings is 2. The van der Waals surface area contributed by atoms with Crippen molar-refractivity contribution in [3.63, 3.8) is 0 Å². The van der Waals surface area contributed by atoms with Crippen LogP contribution in [-0.2, 0) is 10.0 Å². The Kier molecular flexibility index (Phi) is 4.34. The summed E-state index contributed by atoms with van der Waals surface area (Å²) in [6.45, 7) is 3.56. The molecule has 124 valence electrons. The molecule has 0 saturated carbocycles. The summed E-state index contributed by atoms with van der Waals surface area (Å²) in [7, 11) is -3.74. The van der Waals surface area contributed by atoms with Crippen molar-refractivity contribution in [1.82, 2.24) is 5.16 Å². The van der Waals surface area contributed by atoms with Crippen LogP contribution in [0.5, 0.6) is 0 Å². The molecule has 0 saturated heterocycles. The van der Waals surface area contributed by atoms with Crippen LogP contribution in [0.4, 0.5) is 5.69 Å². The van der Waals surface area contributed by atoms with Gasteiger partial charge >= 0.3 is 0 Å². The minimum absolute atomic E-state index is 0.183. The Bertz CT molecular complexity index is 997. The standard InChI is InChI=1S/C17H15ClN2O3S/c1-11-9-13(16-10-12(2)19-23-16)7-8-17(11)24(21,22)20-15-6-4-3-5-14(15)18/h3-10,20H,1-2H3. The predicted molar refractivity (Wildman–Crippen MR) is 93.7 cm³/mol. The van der Waals surface area contributed by atoms with Crippen molar-refractivity contribution < 1.29 is 12.9 Å². The van der Waals surface area contributed by atoms with Gasteiger partial charge in [-0.3, -0.25) is 4.72 Å². The lowest BCUT2D eigenvalue weighted by molar-refractivity contribution is 0.427. The monoisotopic (exact) mass is 362 g/mol. The summed E-state index contributed by atoms with van der Waals surface area (Å²) in [5, 5.41) is 4.18. The largest absolute Gasteiger partial charge is 0.356 e. The van der Waals surface area contributed by atoms with Crippen LogP contribution in [0, 0.1) is 13.8 Å². The molecular formula is C17H15ClN2O3S. The second-order valence-corrected chi connectivity index (χ2v) is 7.46. The van der Waals surface area contributed by atoms with Gasteiger partial charge in [-0.05, 0) is 49.7 Å². The minimum Gasteiger partial charge on any atom is -0.356 e. The van der Waals surface area contributed by atoms with Crippen LogP contribution in [0.25, 0.3) is 11.3 Å². The Morgan fingerprint density at radius 2 is 1.83 bits per heavy atom. The van der Waals surface area contributed by atoms with Crippen molar-refractivity contribution in [3.05, 3.63) is 64.8 Å². The molecule has 5 nitrogen and oxygen atoms in total. The third-order valence-electron chi connectivity index (χ3n) is 3.50. The number of para-hydroxylation sites is 1. The lowest BCUT2D eigenvalue weighted by Gasteiger charge is -2.12. The Morgan fingerprint density at radius 3 is 2.46 bits per heavy atom. The minimum atomic E-state index is -3.74. The molecule has 0 spiro atoms. The molecule has 0 amide bonds. The van der Waals surface area contributed by atoms with Gasteiger partial charge in [0.15, 0.2) is 5.76 Å². The zero-order valence-corrected chi connectivity index (χ0v) is 14.6. The fraction of sp³-hybridized carbons (Fsp3) is 0.118. The highest BCUT2D eigenvalue weighted by molar-refractivity contribution is 7.92. The van der Waals surface area contributed by atoms with Gasteiger partial charge in [0, 0.05) is 11.6 Å². The average molecular weight is 363 g/mol. The number of rotatable bonds is 4. The van der Waals surface area contributed by atoms with Crippen LogP contribution in [0.2, 0.25) is 5.02 Å². The number of nitrogens with zero attached hydrogens (tertiary/aromatic N) is 1. The molecule has 0 fully saturated rings. The molecule has 24 heavy (non-hydrogen) atoms. The molecule has 1 N–H and O–H groups in total. The summed E-state index contributed by atoms with van der Waals surface area (Å²) in [6.07, 6.45) is 0. The van der Waals surface area contributed by atoms with E-state index in [9.17, 15) is 8.42 Å². The van der Waals surface area contributed by atoms with Crippen LogP contribution in [-0.4, -0.2) is 13.6 Å². The van der Waals surface area contributed by atoms with Crippen molar-refractivity contribution in [2.45, 2.75) is 18.7 Å². The first kappa shape index (κ1) is 16.5. The zero-order chi connectivity index (χ0) is 17.3. The van der Waals surface area contributed by atoms with Crippen LogP contribution in [0.3, 0.4) is 0 Å². The normalized spacial score (nSPS) is 11.5. The maximum absolute atomic E-state index is 12.6. The van der Waals surface area contributed by atoms with Gasteiger partial charge in [-0.2, -0.15) is 0 Å². The van der Waals surface area contributed by atoms with Gasteiger partial charge in [-0.25, -0.2) is 8.42 Å². The van der Waals surface area contributed by atoms with E-state index >= 15 is 0 Å². The van der Waals surface area contributed by atoms with Crippen molar-refractivity contribution in [3.8, 4) is 11.3 Å². The molecule has 0 atom stereocenters. The van der Waals surface area contributed by atoms with Gasteiger partial charge in [0.05, 0.1) is 21.3 Å². The number of hydrogen-bond donors (Lipinski definition) is 1. The average Bonchev–Trinajstić information content (AvgIpc) is 2.95. The maximum Gasteiger partial charge on any atom is 0.262 e. The van der Waals surface area contributed by atoms with Crippen molar-refractivity contribution >= 4 is 27.3 Å². The van der Waals surface area contributed by atoms with E-state index in [1.54, 1.807) is 55.5 Å². The highest BCUT2D eigenvalue weighted by Gasteiger charge is 2.19. The third kappa shape index (κ3) is 3.29. The lowest BCUT2D eigenvalue weighted by Crippen LogP contribution is -2.14. The predicted octanol–water partition coefficient (Wildman–Crippen LogP) is 4.41. The van der Waals surface area contributed by atoms with E-state index in [0.717, 1.165) is 11.3 Å². The molecule has 2 aromatic carbocycles. The molecule has 0 aliphatic carbocycles. The number of anilines is 1. The Hall–Kier alpha value is -2.31. The summed E-state index contributed by atoms with van der Waals surface area (Å²) in [5.41, 5.74) is 2.47. The SMILES string of the molecule is Cc1cc(-c2ccc(S(=O)(=O)Nc3ccccc3Cl)c(C)c2)on1. The second-order valence-electron chi connectivity index (χ2n) is 5.40. The summed E-state index contributed by atoms with van der Waals surface area (Å²) < 4.78 is 33.0. The van der Waals surface area contributed by atoms with E-state index in [0.29, 0.717) is 22.0 Å². The number of halogens is 1. The molecule has 3 rings (SSSR count). The number of aryl methyl sites for hydroxylation is 2. The topological polar surface area (TPSA) is 72.2 Å². The van der Waals surface area contributed by atoms with Gasteiger partial charge in [-0.15, -0.1) is 0 Å². The number of hydrogen-bond acceptors (Lipinski definition) is 4. The third-order valence-corrected chi connectivity index (χ3v) is 5.35. The van der Waals surface area contributed by atoms with E-state index in [1.807, 2.05) is 6.92 Å². The molecule has 0 aliphatic heterocycles. The molecular weight excluding hydrogens is 348 g/mol. The first-order valence-corrected chi connectivity index (χ1v) is 9.04. The van der Waals surface area contributed by atoms with Crippen LogP contribution >= 0.6 is 11.6 Å². The molecule has 7 heteroatoms. The fourth-order valence-corrected chi connectivity index (χ4v) is 3.89. The molecule has 0 aliphatic rings. The lowest BCUT2D eigenvalue weighted by atomic mass is 10.1. The van der Waals surface area contributed by atoms with Gasteiger partial charge in [0.25, 0.3) is 10.0 Å². The summed E-state index contributed by atoms with van der Waals surface area (Å²) >= 11 is 6.02. The summed E-state index contributed by atoms with van der Waals surface area (Å²) in [6, 6.07) is 13.5. The number of sulfonamides is 1. The first-order chi connectivity index (χ1) is 11.4. The number of aromatic nitrogens is 1. The van der Waals surface area contributed by atoms with Crippen LogP contribution in [0.1, 0.15) is 11.3 Å². The Labute approximate surface area is 145 Å². The Morgan fingerprint density at radius 1 is 1.08 bits per heavy atom. The van der Waals surface area contributed by atoms with Gasteiger partial charge in [-0.1, -0.05) is 28.9 Å². The summed E-state index contributed by atoms with van der Waals surface area (Å²) in [5.74, 6) is 0.596. The molecule has 1 heterocycles. The smallest absolute Gasteiger partial charge is 0.262 e. The highest BCUT2D eigenvalue weighted by Crippen LogP contribution is 2.28. The molecule has 0 unspecified atom stereocenters. The van der Waals surface area contributed by atoms with E-state index in [-0.39, 0.29) is 4.90 Å². The molecule has 0 bridgehead atoms. The maximum atomic E-state index is 12.6. The Balaban J connectivity index is 1.95. The van der Waals surface area contributed by atoms with Crippen LogP contribution < -0.4 is 4.72 Å². The van der Waals surface area contributed by atoms with E-state index in [4.69, 9.17) is 16.1 Å². The molecule has 3 aromatic rings. The molecule has 1 aromatic heterocycles. The molecule has 0 radical (unpaired) electrons. The second kappa shape index (κ2) is 6.30. The quantitative estimate of drug-likeness (QED) is 0.746. The van der Waals surface area contributed by atoms with E-state index in [2.05, 4.69) is 9.88 Å². The van der Waals surface area contributed by atoms with Gasteiger partial charge in [0.1, 0.15) is 0 Å². The first-order valence-electron chi connectivity index (χ1n) is 7.18. The number of nitrogens with one attached hydrogen (secondary N) is 1. The van der Waals surface area contributed by atoms with Gasteiger partial charge in [0.2, 0.25) is 0 Å². The van der Waals surface area contributed by atoms with Crippen molar-refractivity contribution in [1.29, 1.82) is 0 Å². The van der Waals surface area contributed by atoms with E-state index in [1.165, 1.54) is 0 Å². The summed E-state index contributed by atoms with van der Waals surface area (Å²) in [4.78, 5) is 0.183. The van der Waals surface area contributed by atoms with Crippen LogP contribution in [0.15, 0.2) is 57.9 Å². The van der Waals surface area contributed by atoms with Gasteiger partial charge < -0.3 is 4.52 Å². The van der Waals surface area contributed by atoms with E-state index < -0.39 is 10.0 Å². The van der Waals surface area contributed by atoms with Crippen molar-refractivity contribution in [2.75, 3.05) is 4.72 Å².